The Balaban J connectivity index is -0.000000245. The molecule has 54 valence electrons. The van der Waals surface area contributed by atoms with E-state index in [0.29, 0.717) is 0 Å². The minimum absolute atomic E-state index is 0. The first-order valence-corrected chi connectivity index (χ1v) is 6.35. The maximum atomic E-state index is 3.64. The smallest absolute Gasteiger partial charge is 1.00 e. The molecule has 3 heteroatoms. The van der Waals surface area contributed by atoms with Gasteiger partial charge in [0.1, 0.15) is 8.07 Å². The number of rotatable bonds is 0. The summed E-state index contributed by atoms with van der Waals surface area (Å²) in [6.07, 6.45) is 0.754. The van der Waals surface area contributed by atoms with Gasteiger partial charge in [-0.05, 0) is 0 Å². The normalized spacial score (nSPS) is 8.00. The number of halogens is 1. The van der Waals surface area contributed by atoms with Gasteiger partial charge in [0.2, 0.25) is 0 Å². The van der Waals surface area contributed by atoms with Crippen LogP contribution < -0.4 is 17.0 Å². The van der Waals surface area contributed by atoms with Crippen molar-refractivity contribution in [2.75, 3.05) is 0 Å². The zero-order chi connectivity index (χ0) is 6.62. The first-order valence-electron chi connectivity index (χ1n) is 2.85. The molecule has 0 aliphatic carbocycles. The van der Waals surface area contributed by atoms with Crippen LogP contribution in [-0.4, -0.2) is 31.1 Å². The van der Waals surface area contributed by atoms with Crippen LogP contribution in [0.5, 0.6) is 0 Å². The van der Waals surface area contributed by atoms with Crippen molar-refractivity contribution in [2.24, 2.45) is 0 Å². The molecule has 0 atom stereocenters. The largest absolute Gasteiger partial charge is 2.00 e. The first-order chi connectivity index (χ1) is 3.56. The Morgan fingerprint density at radius 2 is 1.70 bits per heavy atom. The van der Waals surface area contributed by atoms with Gasteiger partial charge in [0.25, 0.3) is 0 Å². The second-order valence-corrected chi connectivity index (χ2v) is 7.55. The molecule has 0 aromatic rings. The Morgan fingerprint density at radius 3 is 1.80 bits per heavy atom. The van der Waals surface area contributed by atoms with Gasteiger partial charge in [-0.2, -0.15) is 0 Å². The van der Waals surface area contributed by atoms with E-state index in [2.05, 4.69) is 38.0 Å². The second kappa shape index (κ2) is 8.12. The molecule has 0 aromatic carbocycles. The van der Waals surface area contributed by atoms with E-state index in [1.165, 1.54) is 0 Å². The van der Waals surface area contributed by atoms with Gasteiger partial charge in [0.15, 0.2) is 0 Å². The van der Waals surface area contributed by atoms with Crippen LogP contribution in [0.15, 0.2) is 0 Å². The molecule has 0 aliphatic heterocycles. The molecule has 10 heavy (non-hydrogen) atoms. The van der Waals surface area contributed by atoms with Crippen LogP contribution in [0.25, 0.3) is 0 Å². The molecular formula is C7H13BrMgSi. The zero-order valence-corrected chi connectivity index (χ0v) is 11.0. The van der Waals surface area contributed by atoms with Crippen LogP contribution in [0.3, 0.4) is 0 Å². The van der Waals surface area contributed by atoms with Gasteiger partial charge >= 0.3 is 23.1 Å². The molecule has 0 unspecified atom stereocenters. The van der Waals surface area contributed by atoms with E-state index in [4.69, 9.17) is 0 Å². The fraction of sp³-hybridized carbons (Fsp3) is 0.571. The standard InChI is InChI=1S/C7H13Si.BrH.Mg/c1-5-6-7-8(2,3)4;;/h1,5H2,2-4H3;1H;/q-1;;+2/p-1. The summed E-state index contributed by atoms with van der Waals surface area (Å²) in [7, 11) is -1.08. The van der Waals surface area contributed by atoms with Crippen LogP contribution in [0, 0.1) is 18.4 Å². The third-order valence-corrected chi connectivity index (χ3v) is 1.52. The van der Waals surface area contributed by atoms with Crippen LogP contribution in [0.1, 0.15) is 6.42 Å². The average molecular weight is 229 g/mol. The third-order valence-electron chi connectivity index (χ3n) is 0.588. The second-order valence-electron chi connectivity index (χ2n) is 2.80. The Bertz CT molecular complexity index is 118. The zero-order valence-electron chi connectivity index (χ0n) is 7.00. The molecular weight excluding hydrogens is 216 g/mol. The van der Waals surface area contributed by atoms with Crippen LogP contribution in [0.4, 0.5) is 0 Å². The minimum atomic E-state index is -1.08. The Labute approximate surface area is 92.1 Å². The van der Waals surface area contributed by atoms with Gasteiger partial charge in [0.05, 0.1) is 0 Å². The Kier molecular flexibility index (Phi) is 14.0. The fourth-order valence-corrected chi connectivity index (χ4v) is 0.983. The summed E-state index contributed by atoms with van der Waals surface area (Å²) in [5, 5.41) is 0. The summed E-state index contributed by atoms with van der Waals surface area (Å²) >= 11 is 0. The van der Waals surface area contributed by atoms with Crippen molar-refractivity contribution in [1.82, 2.24) is 0 Å². The topological polar surface area (TPSA) is 0 Å². The average Bonchev–Trinajstić information content (AvgIpc) is 1.59. The Hall–Kier alpha value is 1.02. The van der Waals surface area contributed by atoms with Crippen molar-refractivity contribution >= 4 is 31.1 Å². The number of hydrogen-bond donors (Lipinski definition) is 0. The van der Waals surface area contributed by atoms with Gasteiger partial charge < -0.3 is 23.9 Å². The van der Waals surface area contributed by atoms with Gasteiger partial charge in [-0.15, -0.1) is 17.9 Å². The van der Waals surface area contributed by atoms with Gasteiger partial charge in [-0.3, -0.25) is 0 Å². The molecule has 0 aliphatic rings. The van der Waals surface area contributed by atoms with E-state index in [9.17, 15) is 0 Å². The van der Waals surface area contributed by atoms with Gasteiger partial charge in [-0.1, -0.05) is 19.6 Å². The molecule has 0 aromatic heterocycles. The van der Waals surface area contributed by atoms with Crippen LogP contribution in [0.2, 0.25) is 19.6 Å². The quantitative estimate of drug-likeness (QED) is 0.276. The third kappa shape index (κ3) is 16.0. The molecule has 0 spiro atoms. The Morgan fingerprint density at radius 1 is 1.30 bits per heavy atom. The van der Waals surface area contributed by atoms with Crippen molar-refractivity contribution in [1.29, 1.82) is 0 Å². The molecule has 0 N–H and O–H groups in total. The van der Waals surface area contributed by atoms with Gasteiger partial charge in [-0.25, -0.2) is 0 Å². The summed E-state index contributed by atoms with van der Waals surface area (Å²) < 4.78 is 0. The first kappa shape index (κ1) is 17.2. The molecule has 0 rings (SSSR count). The molecule has 0 nitrogen and oxygen atoms in total. The molecule has 0 saturated carbocycles. The molecule has 0 heterocycles. The molecule has 0 fully saturated rings. The number of hydrogen-bond acceptors (Lipinski definition) is 0. The van der Waals surface area contributed by atoms with Crippen molar-refractivity contribution in [3.63, 3.8) is 0 Å². The van der Waals surface area contributed by atoms with Crippen molar-refractivity contribution in [3.8, 4) is 11.5 Å². The van der Waals surface area contributed by atoms with E-state index in [-0.39, 0.29) is 40.0 Å². The van der Waals surface area contributed by atoms with E-state index < -0.39 is 8.07 Å². The SMILES string of the molecule is [Br-].[CH2-]CC#C[Si](C)(C)C.[Mg+2]. The fourth-order valence-electron chi connectivity index (χ4n) is 0.328. The van der Waals surface area contributed by atoms with Crippen molar-refractivity contribution in [2.45, 2.75) is 26.1 Å². The van der Waals surface area contributed by atoms with Crippen molar-refractivity contribution < 1.29 is 17.0 Å². The minimum Gasteiger partial charge on any atom is -1.00 e. The molecule has 0 amide bonds. The van der Waals surface area contributed by atoms with Crippen LogP contribution >= 0.6 is 0 Å². The molecule has 0 saturated heterocycles. The summed E-state index contributed by atoms with van der Waals surface area (Å²) in [4.78, 5) is 0. The summed E-state index contributed by atoms with van der Waals surface area (Å²) in [6.45, 7) is 10.3. The maximum Gasteiger partial charge on any atom is 2.00 e. The van der Waals surface area contributed by atoms with E-state index in [1.54, 1.807) is 0 Å². The molecule has 0 radical (unpaired) electrons. The van der Waals surface area contributed by atoms with E-state index in [0.717, 1.165) is 6.42 Å². The van der Waals surface area contributed by atoms with Crippen molar-refractivity contribution in [3.05, 3.63) is 6.92 Å². The summed E-state index contributed by atoms with van der Waals surface area (Å²) in [5.74, 6) is 2.99. The van der Waals surface area contributed by atoms with E-state index >= 15 is 0 Å². The predicted octanol–water partition coefficient (Wildman–Crippen LogP) is -1.29. The summed E-state index contributed by atoms with van der Waals surface area (Å²) in [5.41, 5.74) is 3.20. The van der Waals surface area contributed by atoms with Crippen LogP contribution in [-0.2, 0) is 0 Å². The summed E-state index contributed by atoms with van der Waals surface area (Å²) in [6, 6.07) is 0. The maximum absolute atomic E-state index is 3.64. The van der Waals surface area contributed by atoms with E-state index in [1.807, 2.05) is 0 Å². The predicted molar refractivity (Wildman–Crippen MR) is 46.9 cm³/mol. The molecule has 0 bridgehead atoms. The van der Waals surface area contributed by atoms with Gasteiger partial charge in [0, 0.05) is 0 Å². The monoisotopic (exact) mass is 228 g/mol.